The van der Waals surface area contributed by atoms with Crippen molar-refractivity contribution in [3.05, 3.63) is 135 Å². The van der Waals surface area contributed by atoms with Crippen molar-refractivity contribution in [3.63, 3.8) is 0 Å². The lowest BCUT2D eigenvalue weighted by Gasteiger charge is -2.49. The lowest BCUT2D eigenvalue weighted by molar-refractivity contribution is -0.154. The number of H-pyrrole nitrogens is 2. The van der Waals surface area contributed by atoms with Crippen LogP contribution in [-0.4, -0.2) is 59.8 Å². The number of esters is 1. The Bertz CT molecular complexity index is 1980. The molecule has 5 aromatic rings. The number of hydrogen-bond acceptors (Lipinski definition) is 9. The third-order valence-corrected chi connectivity index (χ3v) is 10.0. The van der Waals surface area contributed by atoms with E-state index in [-0.39, 0.29) is 34.3 Å². The summed E-state index contributed by atoms with van der Waals surface area (Å²) in [4.78, 5) is 69.3. The molecule has 0 bridgehead atoms. The SMILES string of the molecule is O=C(Cc1ccccc1)NC1C(=O)N2C(C(=O)OC(c3ccccc3)c3ccccc3)=C(Sc3nc4nc[nH]c4c(=O)[nH]3)CS[C@H]12. The van der Waals surface area contributed by atoms with Crippen LogP contribution in [0.15, 0.2) is 118 Å². The van der Waals surface area contributed by atoms with Crippen LogP contribution in [0.4, 0.5) is 0 Å². The van der Waals surface area contributed by atoms with Crippen LogP contribution in [0.2, 0.25) is 0 Å². The van der Waals surface area contributed by atoms with E-state index in [1.807, 2.05) is 91.0 Å². The number of aromatic nitrogens is 4. The van der Waals surface area contributed by atoms with Gasteiger partial charge in [-0.25, -0.2) is 14.8 Å². The summed E-state index contributed by atoms with van der Waals surface area (Å²) >= 11 is 2.47. The van der Waals surface area contributed by atoms with Gasteiger partial charge in [-0.05, 0) is 16.7 Å². The molecule has 1 fully saturated rings. The molecule has 11 nitrogen and oxygen atoms in total. The van der Waals surface area contributed by atoms with E-state index in [0.717, 1.165) is 28.5 Å². The van der Waals surface area contributed by atoms with Crippen molar-refractivity contribution in [2.75, 3.05) is 5.75 Å². The zero-order chi connectivity index (χ0) is 31.6. The molecule has 7 rings (SSSR count). The average molecular weight is 651 g/mol. The summed E-state index contributed by atoms with van der Waals surface area (Å²) in [6, 6.07) is 27.1. The monoisotopic (exact) mass is 650 g/mol. The normalized spacial score (nSPS) is 17.5. The summed E-state index contributed by atoms with van der Waals surface area (Å²) < 4.78 is 6.20. The Kier molecular flexibility index (Phi) is 8.16. The zero-order valence-corrected chi connectivity index (χ0v) is 25.7. The second-order valence-corrected chi connectivity index (χ2v) is 12.8. The fourth-order valence-electron chi connectivity index (χ4n) is 5.40. The van der Waals surface area contributed by atoms with Crippen molar-refractivity contribution in [2.24, 2.45) is 0 Å². The van der Waals surface area contributed by atoms with Crippen molar-refractivity contribution in [1.29, 1.82) is 0 Å². The number of amides is 2. The second kappa shape index (κ2) is 12.7. The number of thioether (sulfide) groups is 2. The summed E-state index contributed by atoms with van der Waals surface area (Å²) in [5.41, 5.74) is 2.44. The number of carbonyl (C=O) groups excluding carboxylic acids is 3. The Morgan fingerprint density at radius 1 is 0.978 bits per heavy atom. The zero-order valence-electron chi connectivity index (χ0n) is 24.1. The topological polar surface area (TPSA) is 150 Å². The third-order valence-electron chi connectivity index (χ3n) is 7.57. The first-order chi connectivity index (χ1) is 22.5. The maximum atomic E-state index is 14.2. The van der Waals surface area contributed by atoms with Crippen molar-refractivity contribution >= 4 is 52.5 Å². The van der Waals surface area contributed by atoms with Gasteiger partial charge in [0.25, 0.3) is 11.5 Å². The maximum Gasteiger partial charge on any atom is 0.356 e. The Hall–Kier alpha value is -5.14. The summed E-state index contributed by atoms with van der Waals surface area (Å²) in [5, 5.41) is 2.54. The number of ether oxygens (including phenoxy) is 1. The van der Waals surface area contributed by atoms with Gasteiger partial charge in [-0.3, -0.25) is 24.3 Å². The van der Waals surface area contributed by atoms with Gasteiger partial charge in [0.2, 0.25) is 5.91 Å². The van der Waals surface area contributed by atoms with Crippen LogP contribution < -0.4 is 10.9 Å². The number of fused-ring (bicyclic) bond motifs is 2. The Morgan fingerprint density at radius 2 is 1.63 bits per heavy atom. The van der Waals surface area contributed by atoms with E-state index in [1.165, 1.54) is 23.0 Å². The molecule has 2 aromatic heterocycles. The van der Waals surface area contributed by atoms with Crippen molar-refractivity contribution in [2.45, 2.75) is 29.1 Å². The molecule has 2 aliphatic rings. The highest BCUT2D eigenvalue weighted by molar-refractivity contribution is 8.06. The lowest BCUT2D eigenvalue weighted by atomic mass is 10.0. The van der Waals surface area contributed by atoms with Crippen LogP contribution in [0.1, 0.15) is 22.8 Å². The molecule has 0 spiro atoms. The van der Waals surface area contributed by atoms with Crippen LogP contribution >= 0.6 is 23.5 Å². The lowest BCUT2D eigenvalue weighted by Crippen LogP contribution is -2.70. The molecule has 3 aromatic carbocycles. The molecule has 13 heteroatoms. The summed E-state index contributed by atoms with van der Waals surface area (Å²) in [7, 11) is 0. The molecule has 2 atom stereocenters. The van der Waals surface area contributed by atoms with E-state index in [1.54, 1.807) is 0 Å². The van der Waals surface area contributed by atoms with Crippen LogP contribution in [0.5, 0.6) is 0 Å². The predicted octanol–water partition coefficient (Wildman–Crippen LogP) is 3.93. The number of rotatable bonds is 9. The van der Waals surface area contributed by atoms with E-state index in [4.69, 9.17) is 4.74 Å². The number of carbonyl (C=O) groups is 3. The number of β-lactam (4-membered cyclic amide) rings is 1. The largest absolute Gasteiger partial charge is 0.448 e. The average Bonchev–Trinajstić information content (AvgIpc) is 3.56. The number of hydrogen-bond donors (Lipinski definition) is 3. The summed E-state index contributed by atoms with van der Waals surface area (Å²) in [6.45, 7) is 0. The molecule has 2 aliphatic heterocycles. The highest BCUT2D eigenvalue weighted by atomic mass is 32.2. The fraction of sp³-hybridized carbons (Fsp3) is 0.152. The van der Waals surface area contributed by atoms with Gasteiger partial charge in [0.05, 0.1) is 12.7 Å². The van der Waals surface area contributed by atoms with E-state index in [9.17, 15) is 19.2 Å². The first kappa shape index (κ1) is 29.6. The Balaban J connectivity index is 1.21. The molecule has 0 aliphatic carbocycles. The van der Waals surface area contributed by atoms with E-state index in [0.29, 0.717) is 10.7 Å². The minimum Gasteiger partial charge on any atom is -0.448 e. The molecule has 1 unspecified atom stereocenters. The predicted molar refractivity (Wildman–Crippen MR) is 173 cm³/mol. The van der Waals surface area contributed by atoms with Gasteiger partial charge in [0.1, 0.15) is 17.1 Å². The Morgan fingerprint density at radius 3 is 2.30 bits per heavy atom. The van der Waals surface area contributed by atoms with Crippen LogP contribution in [0.25, 0.3) is 11.2 Å². The second-order valence-electron chi connectivity index (χ2n) is 10.6. The van der Waals surface area contributed by atoms with Gasteiger partial charge in [0.15, 0.2) is 22.4 Å². The van der Waals surface area contributed by atoms with Gasteiger partial charge < -0.3 is 15.0 Å². The molecule has 46 heavy (non-hydrogen) atoms. The third kappa shape index (κ3) is 5.82. The molecule has 2 amide bonds. The quantitative estimate of drug-likeness (QED) is 0.123. The molecule has 230 valence electrons. The van der Waals surface area contributed by atoms with Crippen molar-refractivity contribution in [1.82, 2.24) is 30.2 Å². The molecule has 4 heterocycles. The van der Waals surface area contributed by atoms with E-state index >= 15 is 0 Å². The number of imidazole rings is 1. The minimum absolute atomic E-state index is 0.0499. The number of benzene rings is 3. The van der Waals surface area contributed by atoms with Gasteiger partial charge >= 0.3 is 5.97 Å². The molecule has 0 radical (unpaired) electrons. The van der Waals surface area contributed by atoms with Gasteiger partial charge in [0, 0.05) is 10.7 Å². The Labute approximate surface area is 270 Å². The number of aromatic amines is 2. The first-order valence-corrected chi connectivity index (χ1v) is 16.3. The number of nitrogens with zero attached hydrogens (tertiary/aromatic N) is 3. The van der Waals surface area contributed by atoms with E-state index in [2.05, 4.69) is 25.3 Å². The summed E-state index contributed by atoms with van der Waals surface area (Å²) in [5.74, 6) is -1.13. The molecular formula is C33H26N6O5S2. The van der Waals surface area contributed by atoms with E-state index < -0.39 is 35.0 Å². The van der Waals surface area contributed by atoms with Gasteiger partial charge in [-0.2, -0.15) is 0 Å². The molecular weight excluding hydrogens is 625 g/mol. The van der Waals surface area contributed by atoms with Gasteiger partial charge in [-0.15, -0.1) is 11.8 Å². The minimum atomic E-state index is -0.812. The van der Waals surface area contributed by atoms with Crippen molar-refractivity contribution < 1.29 is 19.1 Å². The maximum absolute atomic E-state index is 14.2. The van der Waals surface area contributed by atoms with Crippen LogP contribution in [0.3, 0.4) is 0 Å². The standard InChI is InChI=1S/C33H26N6O5S2/c40-23(16-19-10-4-1-5-11-19)36-25-30(42)39-26(32(43)44-27(20-12-6-2-7-13-20)21-14-8-3-9-15-21)22(17-45-31(25)39)46-33-37-28-24(29(41)38-33)34-18-35-28/h1-15,18,25,27,31H,16-17H2,(H,36,40)(H2,34,35,37,38,41)/t25?,31-/m1/s1. The molecule has 3 N–H and O–H groups in total. The van der Waals surface area contributed by atoms with Crippen molar-refractivity contribution in [3.8, 4) is 0 Å². The molecule has 1 saturated heterocycles. The van der Waals surface area contributed by atoms with Gasteiger partial charge in [-0.1, -0.05) is 103 Å². The first-order valence-electron chi connectivity index (χ1n) is 14.4. The fourth-order valence-corrected chi connectivity index (χ4v) is 7.82. The smallest absolute Gasteiger partial charge is 0.356 e. The van der Waals surface area contributed by atoms with Crippen LogP contribution in [0, 0.1) is 0 Å². The number of nitrogens with one attached hydrogen (secondary N) is 3. The highest BCUT2D eigenvalue weighted by Crippen LogP contribution is 2.45. The molecule has 0 saturated carbocycles. The summed E-state index contributed by atoms with van der Waals surface area (Å²) in [6.07, 6.45) is 0.749. The highest BCUT2D eigenvalue weighted by Gasteiger charge is 2.55. The van der Waals surface area contributed by atoms with Crippen LogP contribution in [-0.2, 0) is 25.5 Å².